The summed E-state index contributed by atoms with van der Waals surface area (Å²) in [5.41, 5.74) is 3.09. The first-order valence-corrected chi connectivity index (χ1v) is 6.44. The van der Waals surface area contributed by atoms with E-state index < -0.39 is 29.5 Å². The Kier molecular flexibility index (Phi) is 4.78. The molecule has 20 heavy (non-hydrogen) atoms. The molecule has 5 nitrogen and oxygen atoms in total. The number of esters is 1. The number of carboxylic acids is 1. The van der Waals surface area contributed by atoms with Gasteiger partial charge in [-0.1, -0.05) is 23.7 Å². The second-order valence-electron chi connectivity index (χ2n) is 5.42. The number of ether oxygens (including phenoxy) is 1. The van der Waals surface area contributed by atoms with Crippen molar-refractivity contribution in [3.05, 3.63) is 34.9 Å². The van der Waals surface area contributed by atoms with Crippen LogP contribution in [0.15, 0.2) is 24.3 Å². The average molecular weight is 300 g/mol. The molecule has 0 saturated heterocycles. The maximum Gasteiger partial charge on any atom is 0.329 e. The highest BCUT2D eigenvalue weighted by molar-refractivity contribution is 6.30. The van der Waals surface area contributed by atoms with E-state index in [-0.39, 0.29) is 5.56 Å². The van der Waals surface area contributed by atoms with Crippen molar-refractivity contribution in [2.75, 3.05) is 6.54 Å². The number of hydrogen-bond donors (Lipinski definition) is 2. The fourth-order valence-corrected chi connectivity index (χ4v) is 1.84. The number of carbonyl (C=O) groups excluding carboxylic acids is 1. The number of rotatable bonds is 4. The molecule has 0 aliphatic rings. The minimum absolute atomic E-state index is 0.242. The average Bonchev–Trinajstić information content (AvgIpc) is 2.30. The van der Waals surface area contributed by atoms with Gasteiger partial charge in [0.25, 0.3) is 0 Å². The summed E-state index contributed by atoms with van der Waals surface area (Å²) < 4.78 is 5.21. The molecule has 0 unspecified atom stereocenters. The molecule has 1 aromatic carbocycles. The van der Waals surface area contributed by atoms with Gasteiger partial charge in [-0.25, -0.2) is 0 Å². The Morgan fingerprint density at radius 2 is 1.75 bits per heavy atom. The highest BCUT2D eigenvalue weighted by Crippen LogP contribution is 2.28. The summed E-state index contributed by atoms with van der Waals surface area (Å²) in [5.74, 6) is -2.24. The molecule has 0 fully saturated rings. The van der Waals surface area contributed by atoms with Crippen LogP contribution >= 0.6 is 11.6 Å². The zero-order valence-corrected chi connectivity index (χ0v) is 12.4. The molecule has 0 spiro atoms. The van der Waals surface area contributed by atoms with Gasteiger partial charge >= 0.3 is 11.9 Å². The predicted molar refractivity (Wildman–Crippen MR) is 75.7 cm³/mol. The molecule has 0 amide bonds. The Morgan fingerprint density at radius 3 is 2.10 bits per heavy atom. The molecule has 0 radical (unpaired) electrons. The largest absolute Gasteiger partial charge is 0.480 e. The highest BCUT2D eigenvalue weighted by Gasteiger charge is 2.49. The number of carbonyl (C=O) groups is 2. The number of hydrogen-bond acceptors (Lipinski definition) is 4. The number of benzene rings is 1. The topological polar surface area (TPSA) is 89.6 Å². The van der Waals surface area contributed by atoms with E-state index in [1.54, 1.807) is 20.8 Å². The molecule has 0 heterocycles. The van der Waals surface area contributed by atoms with E-state index in [1.165, 1.54) is 24.3 Å². The van der Waals surface area contributed by atoms with E-state index in [0.29, 0.717) is 5.02 Å². The molecule has 6 heteroatoms. The first kappa shape index (κ1) is 16.5. The summed E-state index contributed by atoms with van der Waals surface area (Å²) >= 11 is 5.78. The van der Waals surface area contributed by atoms with Crippen LogP contribution in [-0.2, 0) is 19.7 Å². The zero-order valence-electron chi connectivity index (χ0n) is 11.6. The fraction of sp³-hybridized carbons (Fsp3) is 0.429. The summed E-state index contributed by atoms with van der Waals surface area (Å²) in [6.07, 6.45) is 0. The van der Waals surface area contributed by atoms with Crippen molar-refractivity contribution in [3.8, 4) is 0 Å². The standard InChI is InChI=1S/C14H18ClNO4/c1-13(2,3)20-12(19)14(8-16,11(17)18)9-4-6-10(15)7-5-9/h4-7H,8,16H2,1-3H3,(H,17,18)/t14-/m1/s1. The SMILES string of the molecule is CC(C)(C)OC(=O)[C@@](CN)(C(=O)O)c1ccc(Cl)cc1. The van der Waals surface area contributed by atoms with Crippen LogP contribution in [0.25, 0.3) is 0 Å². The number of nitrogens with two attached hydrogens (primary N) is 1. The first-order chi connectivity index (χ1) is 9.13. The highest BCUT2D eigenvalue weighted by atomic mass is 35.5. The Bertz CT molecular complexity index is 507. The van der Waals surface area contributed by atoms with Crippen molar-refractivity contribution < 1.29 is 19.4 Å². The lowest BCUT2D eigenvalue weighted by molar-refractivity contribution is -0.169. The van der Waals surface area contributed by atoms with Gasteiger partial charge in [0.05, 0.1) is 0 Å². The lowest BCUT2D eigenvalue weighted by atomic mass is 9.80. The van der Waals surface area contributed by atoms with Gasteiger partial charge < -0.3 is 15.6 Å². The fourth-order valence-electron chi connectivity index (χ4n) is 1.72. The van der Waals surface area contributed by atoms with Crippen LogP contribution in [-0.4, -0.2) is 29.2 Å². The molecular weight excluding hydrogens is 282 g/mol. The first-order valence-electron chi connectivity index (χ1n) is 6.06. The van der Waals surface area contributed by atoms with E-state index in [2.05, 4.69) is 0 Å². The Hall–Kier alpha value is -1.59. The molecule has 0 aromatic heterocycles. The van der Waals surface area contributed by atoms with Gasteiger partial charge in [0.2, 0.25) is 5.41 Å². The minimum Gasteiger partial charge on any atom is -0.480 e. The molecule has 0 aliphatic heterocycles. The van der Waals surface area contributed by atoms with Gasteiger partial charge in [0.15, 0.2) is 0 Å². The molecular formula is C14H18ClNO4. The number of aliphatic carboxylic acids is 1. The number of halogens is 1. The summed E-state index contributed by atoms with van der Waals surface area (Å²) in [7, 11) is 0. The van der Waals surface area contributed by atoms with Crippen molar-refractivity contribution in [2.24, 2.45) is 5.73 Å². The van der Waals surface area contributed by atoms with Crippen LogP contribution in [0.1, 0.15) is 26.3 Å². The second kappa shape index (κ2) is 5.81. The van der Waals surface area contributed by atoms with E-state index in [4.69, 9.17) is 22.1 Å². The second-order valence-corrected chi connectivity index (χ2v) is 5.86. The van der Waals surface area contributed by atoms with Crippen LogP contribution in [0.5, 0.6) is 0 Å². The molecule has 1 aromatic rings. The summed E-state index contributed by atoms with van der Waals surface area (Å²) in [6, 6.07) is 5.95. The van der Waals surface area contributed by atoms with E-state index in [0.717, 1.165) is 0 Å². The Balaban J connectivity index is 3.33. The van der Waals surface area contributed by atoms with Crippen molar-refractivity contribution in [3.63, 3.8) is 0 Å². The minimum atomic E-state index is -1.93. The normalized spacial score (nSPS) is 14.4. The maximum absolute atomic E-state index is 12.3. The van der Waals surface area contributed by atoms with Gasteiger partial charge in [-0.05, 0) is 38.5 Å². The van der Waals surface area contributed by atoms with Gasteiger partial charge in [0.1, 0.15) is 5.60 Å². The van der Waals surface area contributed by atoms with Gasteiger partial charge in [-0.15, -0.1) is 0 Å². The third-order valence-corrected chi connectivity index (χ3v) is 3.01. The van der Waals surface area contributed by atoms with Crippen molar-refractivity contribution in [2.45, 2.75) is 31.8 Å². The van der Waals surface area contributed by atoms with E-state index in [1.807, 2.05) is 0 Å². The van der Waals surface area contributed by atoms with Gasteiger partial charge in [0, 0.05) is 11.6 Å². The number of carboxylic acid groups (broad SMARTS) is 1. The maximum atomic E-state index is 12.3. The molecule has 3 N–H and O–H groups in total. The summed E-state index contributed by atoms with van der Waals surface area (Å²) in [6.45, 7) is 4.58. The van der Waals surface area contributed by atoms with Crippen molar-refractivity contribution in [1.82, 2.24) is 0 Å². The van der Waals surface area contributed by atoms with Crippen LogP contribution in [0, 0.1) is 0 Å². The lowest BCUT2D eigenvalue weighted by Crippen LogP contribution is -2.52. The van der Waals surface area contributed by atoms with Crippen molar-refractivity contribution >= 4 is 23.5 Å². The molecule has 110 valence electrons. The molecule has 1 atom stereocenters. The zero-order chi connectivity index (χ0) is 15.6. The van der Waals surface area contributed by atoms with Crippen LogP contribution < -0.4 is 5.73 Å². The predicted octanol–water partition coefficient (Wildman–Crippen LogP) is 1.96. The third kappa shape index (κ3) is 3.29. The van der Waals surface area contributed by atoms with Gasteiger partial charge in [-0.3, -0.25) is 9.59 Å². The van der Waals surface area contributed by atoms with Crippen LogP contribution in [0.3, 0.4) is 0 Å². The Labute approximate surface area is 122 Å². The van der Waals surface area contributed by atoms with Crippen LogP contribution in [0.2, 0.25) is 5.02 Å². The van der Waals surface area contributed by atoms with E-state index in [9.17, 15) is 14.7 Å². The molecule has 1 rings (SSSR count). The van der Waals surface area contributed by atoms with E-state index >= 15 is 0 Å². The molecule has 0 bridgehead atoms. The smallest absolute Gasteiger partial charge is 0.329 e. The Morgan fingerprint density at radius 1 is 1.25 bits per heavy atom. The summed E-state index contributed by atoms with van der Waals surface area (Å²) in [4.78, 5) is 24.0. The van der Waals surface area contributed by atoms with Gasteiger partial charge in [-0.2, -0.15) is 0 Å². The lowest BCUT2D eigenvalue weighted by Gasteiger charge is -2.30. The third-order valence-electron chi connectivity index (χ3n) is 2.76. The molecule has 0 aliphatic carbocycles. The van der Waals surface area contributed by atoms with Crippen LogP contribution in [0.4, 0.5) is 0 Å². The monoisotopic (exact) mass is 299 g/mol. The van der Waals surface area contributed by atoms with Crippen molar-refractivity contribution in [1.29, 1.82) is 0 Å². The quantitative estimate of drug-likeness (QED) is 0.655. The molecule has 0 saturated carbocycles. The summed E-state index contributed by atoms with van der Waals surface area (Å²) in [5, 5.41) is 9.94.